The van der Waals surface area contributed by atoms with Crippen LogP contribution in [0.3, 0.4) is 0 Å². The topological polar surface area (TPSA) is 83.0 Å². The summed E-state index contributed by atoms with van der Waals surface area (Å²) in [6.07, 6.45) is 2.94. The lowest BCUT2D eigenvalue weighted by Gasteiger charge is -2.17. The molecule has 1 unspecified atom stereocenters. The average molecular weight is 282 g/mol. The second-order valence-corrected chi connectivity index (χ2v) is 5.52. The molecule has 0 aliphatic carbocycles. The molecule has 1 aromatic rings. The molecule has 0 saturated carbocycles. The summed E-state index contributed by atoms with van der Waals surface area (Å²) in [5, 5.41) is 8.36. The van der Waals surface area contributed by atoms with E-state index in [2.05, 4.69) is 31.1 Å². The van der Waals surface area contributed by atoms with Crippen LogP contribution in [0.1, 0.15) is 51.0 Å². The van der Waals surface area contributed by atoms with Gasteiger partial charge < -0.3 is 10.5 Å². The first-order chi connectivity index (χ1) is 9.49. The molecule has 6 nitrogen and oxygen atoms in total. The van der Waals surface area contributed by atoms with Gasteiger partial charge in [-0.3, -0.25) is 4.79 Å². The van der Waals surface area contributed by atoms with Crippen molar-refractivity contribution in [3.63, 3.8) is 0 Å². The molecule has 20 heavy (non-hydrogen) atoms. The molecule has 1 aromatic heterocycles. The number of rotatable bonds is 9. The van der Waals surface area contributed by atoms with Gasteiger partial charge in [0.1, 0.15) is 0 Å². The van der Waals surface area contributed by atoms with E-state index < -0.39 is 0 Å². The second kappa shape index (κ2) is 7.99. The third kappa shape index (κ3) is 4.59. The molecule has 0 radical (unpaired) electrons. The van der Waals surface area contributed by atoms with Gasteiger partial charge in [-0.25, -0.2) is 4.68 Å². The van der Waals surface area contributed by atoms with Gasteiger partial charge in [-0.15, -0.1) is 5.10 Å². The lowest BCUT2D eigenvalue weighted by atomic mass is 10.0. The molecule has 1 rings (SSSR count). The molecule has 0 saturated heterocycles. The van der Waals surface area contributed by atoms with Crippen molar-refractivity contribution in [2.24, 2.45) is 11.7 Å². The van der Waals surface area contributed by atoms with Gasteiger partial charge in [0.15, 0.2) is 0 Å². The minimum atomic E-state index is -0.373. The number of hydrogen-bond acceptors (Lipinski definition) is 4. The molecule has 0 aliphatic heterocycles. The lowest BCUT2D eigenvalue weighted by Crippen LogP contribution is -2.20. The maximum absolute atomic E-state index is 11.2. The predicted octanol–water partition coefficient (Wildman–Crippen LogP) is 1.49. The maximum Gasteiger partial charge on any atom is 0.223 e. The van der Waals surface area contributed by atoms with E-state index in [0.717, 1.165) is 25.0 Å². The minimum absolute atomic E-state index is 0.149. The molecule has 1 atom stereocenters. The number of nitrogens with two attached hydrogens (primary N) is 1. The molecule has 0 fully saturated rings. The third-order valence-corrected chi connectivity index (χ3v) is 3.35. The van der Waals surface area contributed by atoms with E-state index in [-0.39, 0.29) is 18.4 Å². The number of ether oxygens (including phenoxy) is 1. The second-order valence-electron chi connectivity index (χ2n) is 5.52. The Morgan fingerprint density at radius 1 is 1.45 bits per heavy atom. The van der Waals surface area contributed by atoms with Crippen LogP contribution in [0.5, 0.6) is 0 Å². The third-order valence-electron chi connectivity index (χ3n) is 3.35. The summed E-state index contributed by atoms with van der Waals surface area (Å²) in [5.74, 6) is 0.213. The Bertz CT molecular complexity index is 429. The lowest BCUT2D eigenvalue weighted by molar-refractivity contribution is -0.117. The van der Waals surface area contributed by atoms with Crippen LogP contribution in [0.25, 0.3) is 0 Å². The molecule has 0 spiro atoms. The van der Waals surface area contributed by atoms with Gasteiger partial charge in [-0.1, -0.05) is 26.0 Å². The normalized spacial score (nSPS) is 12.8. The number of hydrogen-bond donors (Lipinski definition) is 1. The smallest absolute Gasteiger partial charge is 0.223 e. The molecule has 2 N–H and O–H groups in total. The van der Waals surface area contributed by atoms with Crippen LogP contribution in [0, 0.1) is 5.92 Å². The number of primary amides is 1. The van der Waals surface area contributed by atoms with Crippen molar-refractivity contribution >= 4 is 5.91 Å². The Kier molecular flexibility index (Phi) is 6.64. The van der Waals surface area contributed by atoms with Crippen molar-refractivity contribution in [3.05, 3.63) is 11.4 Å². The number of amides is 1. The maximum atomic E-state index is 11.2. The number of carbonyl (C=O) groups is 1. The van der Waals surface area contributed by atoms with Gasteiger partial charge in [0.25, 0.3) is 0 Å². The molecule has 0 bridgehead atoms. The van der Waals surface area contributed by atoms with Gasteiger partial charge in [-0.05, 0) is 25.2 Å². The number of carbonyl (C=O) groups excluding carboxylic acids is 1. The standard InChI is InChI=1S/C14H26N4O2/c1-5-11(9-20-4)18-13(7-6-10(2)3)12(16-17-18)8-14(15)19/h10-11H,5-9H2,1-4H3,(H2,15,19). The summed E-state index contributed by atoms with van der Waals surface area (Å²) in [5.41, 5.74) is 7.00. The summed E-state index contributed by atoms with van der Waals surface area (Å²) in [6, 6.07) is 0.149. The highest BCUT2D eigenvalue weighted by atomic mass is 16.5. The predicted molar refractivity (Wildman–Crippen MR) is 77.3 cm³/mol. The Labute approximate surface area is 120 Å². The van der Waals surface area contributed by atoms with E-state index in [0.29, 0.717) is 18.2 Å². The van der Waals surface area contributed by atoms with E-state index in [1.807, 2.05) is 4.68 Å². The van der Waals surface area contributed by atoms with Gasteiger partial charge in [-0.2, -0.15) is 0 Å². The van der Waals surface area contributed by atoms with Gasteiger partial charge in [0, 0.05) is 7.11 Å². The molecule has 114 valence electrons. The van der Waals surface area contributed by atoms with E-state index in [1.54, 1.807) is 7.11 Å². The number of methoxy groups -OCH3 is 1. The van der Waals surface area contributed by atoms with Crippen molar-refractivity contribution < 1.29 is 9.53 Å². The van der Waals surface area contributed by atoms with Crippen LogP contribution in [-0.2, 0) is 22.4 Å². The fourth-order valence-corrected chi connectivity index (χ4v) is 2.18. The highest BCUT2D eigenvalue weighted by molar-refractivity contribution is 5.76. The highest BCUT2D eigenvalue weighted by Gasteiger charge is 2.20. The van der Waals surface area contributed by atoms with Gasteiger partial charge in [0.05, 0.1) is 30.5 Å². The van der Waals surface area contributed by atoms with Crippen LogP contribution in [-0.4, -0.2) is 34.6 Å². The van der Waals surface area contributed by atoms with Crippen LogP contribution in [0.4, 0.5) is 0 Å². The van der Waals surface area contributed by atoms with Crippen LogP contribution >= 0.6 is 0 Å². The monoisotopic (exact) mass is 282 g/mol. The largest absolute Gasteiger partial charge is 0.382 e. The first-order valence-corrected chi connectivity index (χ1v) is 7.19. The molecular weight excluding hydrogens is 256 g/mol. The Balaban J connectivity index is 3.02. The van der Waals surface area contributed by atoms with Gasteiger partial charge >= 0.3 is 0 Å². The SMILES string of the molecule is CCC(COC)n1nnc(CC(N)=O)c1CCC(C)C. The number of aromatic nitrogens is 3. The number of nitrogens with zero attached hydrogens (tertiary/aromatic N) is 3. The highest BCUT2D eigenvalue weighted by Crippen LogP contribution is 2.19. The van der Waals surface area contributed by atoms with Crippen molar-refractivity contribution in [2.45, 2.75) is 52.5 Å². The van der Waals surface area contributed by atoms with E-state index in [4.69, 9.17) is 10.5 Å². The summed E-state index contributed by atoms with van der Waals surface area (Å²) in [4.78, 5) is 11.2. The fraction of sp³-hybridized carbons (Fsp3) is 0.786. The summed E-state index contributed by atoms with van der Waals surface area (Å²) in [6.45, 7) is 7.03. The summed E-state index contributed by atoms with van der Waals surface area (Å²) >= 11 is 0. The van der Waals surface area contributed by atoms with Crippen LogP contribution in [0.2, 0.25) is 0 Å². The van der Waals surface area contributed by atoms with Crippen molar-refractivity contribution in [2.75, 3.05) is 13.7 Å². The van der Waals surface area contributed by atoms with Crippen LogP contribution < -0.4 is 5.73 Å². The Hall–Kier alpha value is -1.43. The first-order valence-electron chi connectivity index (χ1n) is 7.19. The van der Waals surface area contributed by atoms with E-state index in [1.165, 1.54) is 0 Å². The van der Waals surface area contributed by atoms with Crippen molar-refractivity contribution in [1.82, 2.24) is 15.0 Å². The zero-order valence-corrected chi connectivity index (χ0v) is 12.9. The quantitative estimate of drug-likeness (QED) is 0.744. The molecule has 0 aromatic carbocycles. The molecular formula is C14H26N4O2. The minimum Gasteiger partial charge on any atom is -0.382 e. The van der Waals surface area contributed by atoms with Crippen LogP contribution in [0.15, 0.2) is 0 Å². The summed E-state index contributed by atoms with van der Waals surface area (Å²) in [7, 11) is 1.68. The van der Waals surface area contributed by atoms with Gasteiger partial charge in [0.2, 0.25) is 5.91 Å². The van der Waals surface area contributed by atoms with E-state index in [9.17, 15) is 4.79 Å². The molecule has 6 heteroatoms. The molecule has 0 aliphatic rings. The summed E-state index contributed by atoms with van der Waals surface area (Å²) < 4.78 is 7.15. The Morgan fingerprint density at radius 3 is 2.65 bits per heavy atom. The average Bonchev–Trinajstić information content (AvgIpc) is 2.75. The Morgan fingerprint density at radius 2 is 2.15 bits per heavy atom. The first kappa shape index (κ1) is 16.6. The fourth-order valence-electron chi connectivity index (χ4n) is 2.18. The van der Waals surface area contributed by atoms with Crippen molar-refractivity contribution in [1.29, 1.82) is 0 Å². The zero-order valence-electron chi connectivity index (χ0n) is 12.9. The van der Waals surface area contributed by atoms with E-state index >= 15 is 0 Å². The van der Waals surface area contributed by atoms with Crippen molar-refractivity contribution in [3.8, 4) is 0 Å². The molecule has 1 heterocycles. The molecule has 1 amide bonds. The zero-order chi connectivity index (χ0) is 15.1.